The standard InChI is InChI=1S/C10H20N2O3S/c13-10-5-4-8-12(9-10)16(14,15)11-6-2-1-3-7-11/h10,13H,1-9H2/t10-/m0/s1. The van der Waals surface area contributed by atoms with Gasteiger partial charge in [0.1, 0.15) is 0 Å². The minimum absolute atomic E-state index is 0.263. The van der Waals surface area contributed by atoms with Crippen LogP contribution < -0.4 is 0 Å². The van der Waals surface area contributed by atoms with E-state index in [9.17, 15) is 13.5 Å². The number of nitrogens with zero attached hydrogens (tertiary/aromatic N) is 2. The van der Waals surface area contributed by atoms with E-state index >= 15 is 0 Å². The third-order valence-corrected chi connectivity index (χ3v) is 5.33. The highest BCUT2D eigenvalue weighted by Crippen LogP contribution is 2.20. The summed E-state index contributed by atoms with van der Waals surface area (Å²) in [5, 5.41) is 9.52. The molecule has 16 heavy (non-hydrogen) atoms. The second-order valence-corrected chi connectivity index (χ2v) is 6.55. The molecule has 0 spiro atoms. The maximum Gasteiger partial charge on any atom is 0.282 e. The van der Waals surface area contributed by atoms with E-state index in [0.717, 1.165) is 25.7 Å². The Balaban J connectivity index is 2.05. The van der Waals surface area contributed by atoms with Crippen LogP contribution in [0.3, 0.4) is 0 Å². The van der Waals surface area contributed by atoms with Crippen molar-refractivity contribution >= 4 is 10.2 Å². The summed E-state index contributed by atoms with van der Waals surface area (Å²) in [4.78, 5) is 0. The molecule has 0 aromatic carbocycles. The van der Waals surface area contributed by atoms with Crippen LogP contribution in [0.25, 0.3) is 0 Å². The molecule has 0 bridgehead atoms. The van der Waals surface area contributed by atoms with E-state index in [-0.39, 0.29) is 6.54 Å². The van der Waals surface area contributed by atoms with E-state index < -0.39 is 16.3 Å². The first-order valence-electron chi connectivity index (χ1n) is 6.04. The summed E-state index contributed by atoms with van der Waals surface area (Å²) < 4.78 is 27.5. The maximum atomic E-state index is 12.2. The third-order valence-electron chi connectivity index (χ3n) is 3.33. The van der Waals surface area contributed by atoms with Crippen LogP contribution in [-0.4, -0.2) is 54.4 Å². The molecule has 6 heteroatoms. The fraction of sp³-hybridized carbons (Fsp3) is 1.00. The Morgan fingerprint density at radius 1 is 0.938 bits per heavy atom. The molecule has 1 N–H and O–H groups in total. The van der Waals surface area contributed by atoms with Crippen LogP contribution in [0.1, 0.15) is 32.1 Å². The monoisotopic (exact) mass is 248 g/mol. The smallest absolute Gasteiger partial charge is 0.282 e. The predicted octanol–water partition coefficient (Wildman–Crippen LogP) is 0.174. The van der Waals surface area contributed by atoms with Gasteiger partial charge in [0.15, 0.2) is 0 Å². The lowest BCUT2D eigenvalue weighted by Gasteiger charge is -2.35. The van der Waals surface area contributed by atoms with Crippen molar-refractivity contribution in [1.82, 2.24) is 8.61 Å². The number of rotatable bonds is 2. The van der Waals surface area contributed by atoms with Crippen molar-refractivity contribution in [3.63, 3.8) is 0 Å². The molecule has 94 valence electrons. The van der Waals surface area contributed by atoms with Gasteiger partial charge in [-0.2, -0.15) is 17.0 Å². The second kappa shape index (κ2) is 5.00. The summed E-state index contributed by atoms with van der Waals surface area (Å²) in [5.74, 6) is 0. The van der Waals surface area contributed by atoms with Gasteiger partial charge in [0.25, 0.3) is 10.2 Å². The van der Waals surface area contributed by atoms with Crippen molar-refractivity contribution in [2.75, 3.05) is 26.2 Å². The summed E-state index contributed by atoms with van der Waals surface area (Å²) >= 11 is 0. The molecule has 0 unspecified atom stereocenters. The molecule has 0 aromatic heterocycles. The first-order chi connectivity index (χ1) is 7.60. The summed E-state index contributed by atoms with van der Waals surface area (Å²) in [6, 6.07) is 0. The molecular weight excluding hydrogens is 228 g/mol. The van der Waals surface area contributed by atoms with Gasteiger partial charge >= 0.3 is 0 Å². The van der Waals surface area contributed by atoms with Crippen LogP contribution in [0.2, 0.25) is 0 Å². The molecule has 2 rings (SSSR count). The van der Waals surface area contributed by atoms with Crippen molar-refractivity contribution in [3.05, 3.63) is 0 Å². The minimum atomic E-state index is -3.31. The van der Waals surface area contributed by atoms with Gasteiger partial charge in [-0.1, -0.05) is 6.42 Å². The lowest BCUT2D eigenvalue weighted by atomic mass is 10.1. The predicted molar refractivity (Wildman–Crippen MR) is 61.2 cm³/mol. The van der Waals surface area contributed by atoms with Crippen LogP contribution in [0, 0.1) is 0 Å². The van der Waals surface area contributed by atoms with Crippen molar-refractivity contribution in [3.8, 4) is 0 Å². The first-order valence-corrected chi connectivity index (χ1v) is 7.44. The van der Waals surface area contributed by atoms with Gasteiger partial charge in [-0.3, -0.25) is 0 Å². The number of aliphatic hydroxyl groups is 1. The largest absolute Gasteiger partial charge is 0.392 e. The first kappa shape index (κ1) is 12.3. The third kappa shape index (κ3) is 2.56. The normalized spacial score (nSPS) is 30.4. The van der Waals surface area contributed by atoms with Crippen molar-refractivity contribution in [1.29, 1.82) is 0 Å². The maximum absolute atomic E-state index is 12.2. The molecule has 2 aliphatic heterocycles. The molecule has 2 aliphatic rings. The Kier molecular flexibility index (Phi) is 3.84. The van der Waals surface area contributed by atoms with Crippen molar-refractivity contribution < 1.29 is 13.5 Å². The summed E-state index contributed by atoms with van der Waals surface area (Å²) in [6.45, 7) is 2.08. The fourth-order valence-corrected chi connectivity index (χ4v) is 4.16. The van der Waals surface area contributed by atoms with E-state index in [4.69, 9.17) is 0 Å². The van der Waals surface area contributed by atoms with Gasteiger partial charge in [0, 0.05) is 26.2 Å². The molecular formula is C10H20N2O3S. The van der Waals surface area contributed by atoms with Gasteiger partial charge in [0.2, 0.25) is 0 Å². The highest BCUT2D eigenvalue weighted by Gasteiger charge is 2.33. The summed E-state index contributed by atoms with van der Waals surface area (Å²) in [5.41, 5.74) is 0. The molecule has 0 aromatic rings. The van der Waals surface area contributed by atoms with Crippen LogP contribution in [-0.2, 0) is 10.2 Å². The Labute approximate surface area is 97.2 Å². The molecule has 0 radical (unpaired) electrons. The molecule has 2 fully saturated rings. The van der Waals surface area contributed by atoms with Gasteiger partial charge < -0.3 is 5.11 Å². The Morgan fingerprint density at radius 2 is 1.56 bits per heavy atom. The van der Waals surface area contributed by atoms with E-state index in [1.165, 1.54) is 4.31 Å². The molecule has 0 amide bonds. The van der Waals surface area contributed by atoms with Gasteiger partial charge in [-0.05, 0) is 25.7 Å². The van der Waals surface area contributed by atoms with Crippen LogP contribution in [0.15, 0.2) is 0 Å². The minimum Gasteiger partial charge on any atom is -0.392 e. The zero-order chi connectivity index (χ0) is 11.6. The molecule has 1 atom stereocenters. The van der Waals surface area contributed by atoms with Crippen molar-refractivity contribution in [2.45, 2.75) is 38.2 Å². The number of piperidine rings is 2. The number of hydrogen-bond donors (Lipinski definition) is 1. The SMILES string of the molecule is O=S(=O)(N1CCCCC1)N1CCC[C@H](O)C1. The van der Waals surface area contributed by atoms with E-state index in [1.54, 1.807) is 4.31 Å². The van der Waals surface area contributed by atoms with Gasteiger partial charge in [-0.15, -0.1) is 0 Å². The molecule has 0 saturated carbocycles. The summed E-state index contributed by atoms with van der Waals surface area (Å²) in [6.07, 6.45) is 4.01. The molecule has 5 nitrogen and oxygen atoms in total. The van der Waals surface area contributed by atoms with E-state index in [0.29, 0.717) is 26.1 Å². The van der Waals surface area contributed by atoms with Crippen LogP contribution >= 0.6 is 0 Å². The summed E-state index contributed by atoms with van der Waals surface area (Å²) in [7, 11) is -3.31. The van der Waals surface area contributed by atoms with E-state index in [2.05, 4.69) is 0 Å². The van der Waals surface area contributed by atoms with Gasteiger partial charge in [0.05, 0.1) is 6.10 Å². The quantitative estimate of drug-likeness (QED) is 0.758. The zero-order valence-corrected chi connectivity index (χ0v) is 10.3. The number of aliphatic hydroxyl groups excluding tert-OH is 1. The van der Waals surface area contributed by atoms with E-state index in [1.807, 2.05) is 0 Å². The van der Waals surface area contributed by atoms with Crippen LogP contribution in [0.5, 0.6) is 0 Å². The lowest BCUT2D eigenvalue weighted by Crippen LogP contribution is -2.50. The Hall–Kier alpha value is -0.170. The number of β-amino-alcohol motifs (C(OH)–C–C–N with tert-alkyl or cyclic N) is 1. The molecule has 2 heterocycles. The highest BCUT2D eigenvalue weighted by atomic mass is 32.2. The highest BCUT2D eigenvalue weighted by molar-refractivity contribution is 7.86. The fourth-order valence-electron chi connectivity index (χ4n) is 2.39. The van der Waals surface area contributed by atoms with Crippen molar-refractivity contribution in [2.24, 2.45) is 0 Å². The average molecular weight is 248 g/mol. The Morgan fingerprint density at radius 3 is 2.19 bits per heavy atom. The number of hydrogen-bond acceptors (Lipinski definition) is 3. The lowest BCUT2D eigenvalue weighted by molar-refractivity contribution is 0.104. The second-order valence-electron chi connectivity index (χ2n) is 4.62. The molecule has 2 saturated heterocycles. The zero-order valence-electron chi connectivity index (χ0n) is 9.51. The van der Waals surface area contributed by atoms with Crippen LogP contribution in [0.4, 0.5) is 0 Å². The Bertz CT molecular complexity index is 325. The van der Waals surface area contributed by atoms with Gasteiger partial charge in [-0.25, -0.2) is 0 Å². The average Bonchev–Trinajstić information content (AvgIpc) is 2.30. The topological polar surface area (TPSA) is 60.9 Å². The molecule has 0 aliphatic carbocycles.